The summed E-state index contributed by atoms with van der Waals surface area (Å²) in [5.41, 5.74) is 1.50. The number of likely N-dealkylation sites (tertiary alicyclic amines) is 1. The van der Waals surface area contributed by atoms with Crippen LogP contribution < -0.4 is 0 Å². The van der Waals surface area contributed by atoms with Crippen LogP contribution in [0.15, 0.2) is 0 Å². The molecule has 1 aromatic heterocycles. The Morgan fingerprint density at radius 2 is 1.75 bits per heavy atom. The van der Waals surface area contributed by atoms with E-state index in [4.69, 9.17) is 4.98 Å². The number of rotatable bonds is 7. The average molecular weight is 389 g/mol. The van der Waals surface area contributed by atoms with Crippen molar-refractivity contribution in [1.29, 1.82) is 0 Å². The Bertz CT molecular complexity index is 691. The number of carbonyl (C=O) groups excluding carboxylic acids is 2. The molecule has 156 valence electrons. The van der Waals surface area contributed by atoms with Gasteiger partial charge in [0.1, 0.15) is 5.69 Å². The molecule has 3 rings (SSSR count). The molecule has 1 aromatic rings. The molecule has 1 unspecified atom stereocenters. The summed E-state index contributed by atoms with van der Waals surface area (Å²) in [5, 5.41) is 0. The first-order valence-electron chi connectivity index (χ1n) is 11.3. The number of fused-ring (bicyclic) bond motifs is 1. The zero-order chi connectivity index (χ0) is 20.1. The highest BCUT2D eigenvalue weighted by Gasteiger charge is 2.34. The van der Waals surface area contributed by atoms with Gasteiger partial charge in [0.2, 0.25) is 0 Å². The van der Waals surface area contributed by atoms with Crippen LogP contribution in [-0.4, -0.2) is 56.8 Å². The fourth-order valence-electron chi connectivity index (χ4n) is 4.70. The summed E-state index contributed by atoms with van der Waals surface area (Å²) in [6.45, 7) is 9.42. The van der Waals surface area contributed by atoms with Gasteiger partial charge in [-0.15, -0.1) is 0 Å². The number of carbonyl (C=O) groups is 2. The summed E-state index contributed by atoms with van der Waals surface area (Å²) < 4.78 is 2.05. The maximum absolute atomic E-state index is 13.4. The first-order chi connectivity index (χ1) is 13.6. The van der Waals surface area contributed by atoms with Crippen LogP contribution in [0.2, 0.25) is 0 Å². The molecule has 1 saturated heterocycles. The number of piperidine rings is 1. The largest absolute Gasteiger partial charge is 0.337 e. The molecule has 6 heteroatoms. The minimum Gasteiger partial charge on any atom is -0.337 e. The van der Waals surface area contributed by atoms with Crippen LogP contribution >= 0.6 is 0 Å². The summed E-state index contributed by atoms with van der Waals surface area (Å²) >= 11 is 0. The Labute approximate surface area is 169 Å². The molecule has 6 nitrogen and oxygen atoms in total. The van der Waals surface area contributed by atoms with Crippen molar-refractivity contribution in [2.24, 2.45) is 0 Å². The van der Waals surface area contributed by atoms with Gasteiger partial charge in [-0.25, -0.2) is 4.98 Å². The number of imidazole rings is 1. The monoisotopic (exact) mass is 388 g/mol. The van der Waals surface area contributed by atoms with E-state index in [1.807, 2.05) is 9.80 Å². The molecule has 1 atom stereocenters. The SMILES string of the molecule is CCCN(CCC)C(=O)c1nc(C(=O)N2CCCCC2CC)n2c1CCCC2. The number of nitrogens with zero attached hydrogens (tertiary/aromatic N) is 4. The van der Waals surface area contributed by atoms with Crippen LogP contribution in [0, 0.1) is 0 Å². The standard InChI is InChI=1S/C22H36N4O2/c1-4-13-24(14-5-2)21(27)19-18-12-8-10-16-26(18)20(23-19)22(28)25-15-9-7-11-17(25)6-3/h17H,4-16H2,1-3H3. The van der Waals surface area contributed by atoms with Crippen LogP contribution in [-0.2, 0) is 13.0 Å². The smallest absolute Gasteiger partial charge is 0.290 e. The average Bonchev–Trinajstić information content (AvgIpc) is 3.12. The predicted molar refractivity (Wildman–Crippen MR) is 111 cm³/mol. The van der Waals surface area contributed by atoms with Gasteiger partial charge in [-0.1, -0.05) is 20.8 Å². The maximum Gasteiger partial charge on any atom is 0.290 e. The van der Waals surface area contributed by atoms with Crippen LogP contribution in [0.1, 0.15) is 98.9 Å². The molecular formula is C22H36N4O2. The molecule has 2 aliphatic heterocycles. The number of hydrogen-bond acceptors (Lipinski definition) is 3. The van der Waals surface area contributed by atoms with Crippen LogP contribution in [0.25, 0.3) is 0 Å². The summed E-state index contributed by atoms with van der Waals surface area (Å²) in [6, 6.07) is 0.300. The molecular weight excluding hydrogens is 352 g/mol. The van der Waals surface area contributed by atoms with Gasteiger partial charge in [0.15, 0.2) is 5.82 Å². The summed E-state index contributed by atoms with van der Waals surface area (Å²) in [4.78, 5) is 35.3. The molecule has 0 radical (unpaired) electrons. The molecule has 2 amide bonds. The van der Waals surface area contributed by atoms with E-state index in [0.717, 1.165) is 83.2 Å². The second-order valence-corrected chi connectivity index (χ2v) is 8.19. The number of hydrogen-bond donors (Lipinski definition) is 0. The minimum atomic E-state index is -0.000847. The van der Waals surface area contributed by atoms with Gasteiger partial charge in [0.05, 0.1) is 5.69 Å². The quantitative estimate of drug-likeness (QED) is 0.712. The molecule has 28 heavy (non-hydrogen) atoms. The van der Waals surface area contributed by atoms with E-state index in [-0.39, 0.29) is 11.8 Å². The van der Waals surface area contributed by atoms with Crippen molar-refractivity contribution in [1.82, 2.24) is 19.4 Å². The van der Waals surface area contributed by atoms with Gasteiger partial charge in [-0.05, 0) is 57.8 Å². The van der Waals surface area contributed by atoms with Crippen molar-refractivity contribution >= 4 is 11.8 Å². The highest BCUT2D eigenvalue weighted by atomic mass is 16.2. The zero-order valence-corrected chi connectivity index (χ0v) is 17.9. The fourth-order valence-corrected chi connectivity index (χ4v) is 4.70. The molecule has 0 saturated carbocycles. The fraction of sp³-hybridized carbons (Fsp3) is 0.773. The van der Waals surface area contributed by atoms with Crippen LogP contribution in [0.3, 0.4) is 0 Å². The van der Waals surface area contributed by atoms with Crippen molar-refractivity contribution in [3.05, 3.63) is 17.2 Å². The molecule has 0 spiro atoms. The highest BCUT2D eigenvalue weighted by molar-refractivity contribution is 5.97. The van der Waals surface area contributed by atoms with Gasteiger partial charge >= 0.3 is 0 Å². The molecule has 0 aromatic carbocycles. The summed E-state index contributed by atoms with van der Waals surface area (Å²) in [6.07, 6.45) is 9.10. The third-order valence-electron chi connectivity index (χ3n) is 6.15. The van der Waals surface area contributed by atoms with Crippen LogP contribution in [0.4, 0.5) is 0 Å². The number of amides is 2. The van der Waals surface area contributed by atoms with Crippen molar-refractivity contribution in [3.8, 4) is 0 Å². The van der Waals surface area contributed by atoms with E-state index in [1.165, 1.54) is 6.42 Å². The van der Waals surface area contributed by atoms with E-state index in [2.05, 4.69) is 25.3 Å². The third kappa shape index (κ3) is 4.11. The van der Waals surface area contributed by atoms with Gasteiger partial charge in [-0.3, -0.25) is 9.59 Å². The van der Waals surface area contributed by atoms with Crippen LogP contribution in [0.5, 0.6) is 0 Å². The molecule has 1 fully saturated rings. The second kappa shape index (κ2) is 9.57. The maximum atomic E-state index is 13.4. The predicted octanol–water partition coefficient (Wildman–Crippen LogP) is 3.89. The van der Waals surface area contributed by atoms with E-state index in [1.54, 1.807) is 0 Å². The molecule has 0 N–H and O–H groups in total. The van der Waals surface area contributed by atoms with E-state index in [0.29, 0.717) is 17.6 Å². The Hall–Kier alpha value is -1.85. The second-order valence-electron chi connectivity index (χ2n) is 8.19. The summed E-state index contributed by atoms with van der Waals surface area (Å²) in [5.74, 6) is 0.511. The Kier molecular flexibility index (Phi) is 7.13. The van der Waals surface area contributed by atoms with E-state index in [9.17, 15) is 9.59 Å². The molecule has 0 bridgehead atoms. The summed E-state index contributed by atoms with van der Waals surface area (Å²) in [7, 11) is 0. The van der Waals surface area contributed by atoms with Gasteiger partial charge < -0.3 is 14.4 Å². The van der Waals surface area contributed by atoms with Crippen molar-refractivity contribution in [3.63, 3.8) is 0 Å². The van der Waals surface area contributed by atoms with Gasteiger partial charge in [0.25, 0.3) is 11.8 Å². The third-order valence-corrected chi connectivity index (χ3v) is 6.15. The first-order valence-corrected chi connectivity index (χ1v) is 11.3. The zero-order valence-electron chi connectivity index (χ0n) is 17.9. The first kappa shape index (κ1) is 20.9. The van der Waals surface area contributed by atoms with Crippen molar-refractivity contribution in [2.75, 3.05) is 19.6 Å². The van der Waals surface area contributed by atoms with Crippen molar-refractivity contribution < 1.29 is 9.59 Å². The lowest BCUT2D eigenvalue weighted by molar-refractivity contribution is 0.0589. The topological polar surface area (TPSA) is 58.4 Å². The van der Waals surface area contributed by atoms with Crippen molar-refractivity contribution in [2.45, 2.75) is 91.1 Å². The lowest BCUT2D eigenvalue weighted by Crippen LogP contribution is -2.44. The molecule has 0 aliphatic carbocycles. The lowest BCUT2D eigenvalue weighted by atomic mass is 10.00. The minimum absolute atomic E-state index is 0.000847. The van der Waals surface area contributed by atoms with E-state index < -0.39 is 0 Å². The molecule has 3 heterocycles. The van der Waals surface area contributed by atoms with Gasteiger partial charge in [-0.2, -0.15) is 0 Å². The Morgan fingerprint density at radius 1 is 1.04 bits per heavy atom. The molecule has 2 aliphatic rings. The number of aromatic nitrogens is 2. The normalized spacial score (nSPS) is 19.4. The Balaban J connectivity index is 1.94. The van der Waals surface area contributed by atoms with E-state index >= 15 is 0 Å². The highest BCUT2D eigenvalue weighted by Crippen LogP contribution is 2.26. The van der Waals surface area contributed by atoms with Gasteiger partial charge in [0, 0.05) is 32.2 Å². The Morgan fingerprint density at radius 3 is 2.43 bits per heavy atom. The lowest BCUT2D eigenvalue weighted by Gasteiger charge is -2.35.